The Balaban J connectivity index is 0.00000108. The highest BCUT2D eigenvalue weighted by Gasteiger charge is 2.07. The average Bonchev–Trinajstić information content (AvgIpc) is 2.75. The number of H-pyrrole nitrogens is 1. The maximum atomic E-state index is 5.85. The van der Waals surface area contributed by atoms with Crippen molar-refractivity contribution in [2.75, 3.05) is 5.73 Å². The lowest BCUT2D eigenvalue weighted by Crippen LogP contribution is -1.88. The third-order valence-corrected chi connectivity index (χ3v) is 2.75. The lowest BCUT2D eigenvalue weighted by Gasteiger charge is -2.04. The van der Waals surface area contributed by atoms with Crippen LogP contribution in [0.1, 0.15) is 0 Å². The van der Waals surface area contributed by atoms with E-state index in [4.69, 9.17) is 5.73 Å². The second-order valence-electron chi connectivity index (χ2n) is 3.72. The minimum Gasteiger partial charge on any atom is -0.384 e. The highest BCUT2D eigenvalue weighted by atomic mass is 35.5. The number of fused-ring (bicyclic) bond motifs is 1. The SMILES string of the molecule is Cl.Nc1[nH]ncc1-c1cccc2ccccc12. The van der Waals surface area contributed by atoms with Crippen molar-refractivity contribution in [1.82, 2.24) is 10.2 Å². The summed E-state index contributed by atoms with van der Waals surface area (Å²) in [7, 11) is 0. The largest absolute Gasteiger partial charge is 0.384 e. The molecule has 0 saturated carbocycles. The van der Waals surface area contributed by atoms with Gasteiger partial charge in [-0.3, -0.25) is 5.10 Å². The quantitative estimate of drug-likeness (QED) is 0.692. The summed E-state index contributed by atoms with van der Waals surface area (Å²) in [6.07, 6.45) is 1.76. The number of aromatic amines is 1. The van der Waals surface area contributed by atoms with Crippen molar-refractivity contribution < 1.29 is 0 Å². The van der Waals surface area contributed by atoms with Crippen molar-refractivity contribution in [3.8, 4) is 11.1 Å². The van der Waals surface area contributed by atoms with Crippen molar-refractivity contribution >= 4 is 29.0 Å². The molecule has 0 bridgehead atoms. The average molecular weight is 246 g/mol. The molecule has 0 atom stereocenters. The van der Waals surface area contributed by atoms with E-state index in [0.717, 1.165) is 11.1 Å². The summed E-state index contributed by atoms with van der Waals surface area (Å²) in [5.41, 5.74) is 7.92. The third-order valence-electron chi connectivity index (χ3n) is 2.75. The lowest BCUT2D eigenvalue weighted by molar-refractivity contribution is 1.10. The van der Waals surface area contributed by atoms with Gasteiger partial charge in [-0.2, -0.15) is 5.10 Å². The van der Waals surface area contributed by atoms with Crippen LogP contribution in [0, 0.1) is 0 Å². The number of anilines is 1. The molecule has 3 nitrogen and oxygen atoms in total. The molecule has 0 saturated heterocycles. The van der Waals surface area contributed by atoms with E-state index in [9.17, 15) is 0 Å². The summed E-state index contributed by atoms with van der Waals surface area (Å²) < 4.78 is 0. The van der Waals surface area contributed by atoms with Gasteiger partial charge in [0.15, 0.2) is 0 Å². The third kappa shape index (κ3) is 1.85. The van der Waals surface area contributed by atoms with Crippen LogP contribution in [0.2, 0.25) is 0 Å². The molecule has 86 valence electrons. The lowest BCUT2D eigenvalue weighted by atomic mass is 10.0. The molecule has 3 N–H and O–H groups in total. The number of nitrogens with one attached hydrogen (secondary N) is 1. The fourth-order valence-electron chi connectivity index (χ4n) is 1.97. The Bertz CT molecular complexity index is 640. The molecule has 0 radical (unpaired) electrons. The van der Waals surface area contributed by atoms with Crippen LogP contribution < -0.4 is 5.73 Å². The van der Waals surface area contributed by atoms with E-state index in [0.29, 0.717) is 5.82 Å². The zero-order chi connectivity index (χ0) is 11.0. The molecule has 0 aliphatic rings. The number of rotatable bonds is 1. The highest BCUT2D eigenvalue weighted by Crippen LogP contribution is 2.30. The Morgan fingerprint density at radius 1 is 0.941 bits per heavy atom. The van der Waals surface area contributed by atoms with E-state index in [2.05, 4.69) is 34.5 Å². The highest BCUT2D eigenvalue weighted by molar-refractivity contribution is 5.98. The molecule has 3 aromatic rings. The fourth-order valence-corrected chi connectivity index (χ4v) is 1.97. The van der Waals surface area contributed by atoms with E-state index in [1.165, 1.54) is 10.8 Å². The number of aromatic nitrogens is 2. The van der Waals surface area contributed by atoms with Crippen LogP contribution >= 0.6 is 12.4 Å². The monoisotopic (exact) mass is 245 g/mol. The summed E-state index contributed by atoms with van der Waals surface area (Å²) >= 11 is 0. The molecule has 0 aliphatic heterocycles. The van der Waals surface area contributed by atoms with Crippen molar-refractivity contribution in [2.45, 2.75) is 0 Å². The van der Waals surface area contributed by atoms with Crippen molar-refractivity contribution in [3.05, 3.63) is 48.7 Å². The zero-order valence-electron chi connectivity index (χ0n) is 9.05. The van der Waals surface area contributed by atoms with Crippen molar-refractivity contribution in [3.63, 3.8) is 0 Å². The van der Waals surface area contributed by atoms with E-state index in [1.54, 1.807) is 6.20 Å². The van der Waals surface area contributed by atoms with Gasteiger partial charge in [0, 0.05) is 5.56 Å². The molecule has 2 aromatic carbocycles. The molecule has 3 rings (SSSR count). The summed E-state index contributed by atoms with van der Waals surface area (Å²) in [6, 6.07) is 14.4. The minimum atomic E-state index is 0. The molecule has 4 heteroatoms. The van der Waals surface area contributed by atoms with Crippen LogP contribution in [-0.2, 0) is 0 Å². The van der Waals surface area contributed by atoms with Gasteiger partial charge in [-0.1, -0.05) is 42.5 Å². The van der Waals surface area contributed by atoms with Crippen molar-refractivity contribution in [2.24, 2.45) is 0 Å². The summed E-state index contributed by atoms with van der Waals surface area (Å²) in [4.78, 5) is 0. The van der Waals surface area contributed by atoms with Crippen LogP contribution in [0.3, 0.4) is 0 Å². The number of halogens is 1. The van der Waals surface area contributed by atoms with Gasteiger partial charge in [0.05, 0.1) is 6.20 Å². The molecule has 0 amide bonds. The van der Waals surface area contributed by atoms with E-state index >= 15 is 0 Å². The van der Waals surface area contributed by atoms with Gasteiger partial charge in [-0.25, -0.2) is 0 Å². The molecular formula is C13H12ClN3. The van der Waals surface area contributed by atoms with Crippen LogP contribution in [-0.4, -0.2) is 10.2 Å². The van der Waals surface area contributed by atoms with E-state index < -0.39 is 0 Å². The molecule has 0 unspecified atom stereocenters. The maximum absolute atomic E-state index is 5.85. The fraction of sp³-hybridized carbons (Fsp3) is 0. The predicted molar refractivity (Wildman–Crippen MR) is 73.2 cm³/mol. The Kier molecular flexibility index (Phi) is 3.02. The summed E-state index contributed by atoms with van der Waals surface area (Å²) in [5, 5.41) is 9.12. The second kappa shape index (κ2) is 4.47. The van der Waals surface area contributed by atoms with Crippen LogP contribution in [0.25, 0.3) is 21.9 Å². The number of hydrogen-bond donors (Lipinski definition) is 2. The molecule has 1 heterocycles. The molecular weight excluding hydrogens is 234 g/mol. The van der Waals surface area contributed by atoms with Gasteiger partial charge in [0.25, 0.3) is 0 Å². The molecule has 1 aromatic heterocycles. The first-order chi connectivity index (χ1) is 7.86. The number of nitrogen functional groups attached to an aromatic ring is 1. The first-order valence-electron chi connectivity index (χ1n) is 5.13. The zero-order valence-corrected chi connectivity index (χ0v) is 9.87. The first-order valence-corrected chi connectivity index (χ1v) is 5.13. The maximum Gasteiger partial charge on any atom is 0.126 e. The summed E-state index contributed by atoms with van der Waals surface area (Å²) in [5.74, 6) is 0.608. The standard InChI is InChI=1S/C13H11N3.ClH/c14-13-12(8-15-16-13)11-7-3-5-9-4-1-2-6-10(9)11;/h1-8H,(H3,14,15,16);1H. The smallest absolute Gasteiger partial charge is 0.126 e. The van der Waals surface area contributed by atoms with Gasteiger partial charge >= 0.3 is 0 Å². The van der Waals surface area contributed by atoms with E-state index in [1.807, 2.05) is 18.2 Å². The minimum absolute atomic E-state index is 0. The van der Waals surface area contributed by atoms with Gasteiger partial charge in [-0.15, -0.1) is 12.4 Å². The number of nitrogens with zero attached hydrogens (tertiary/aromatic N) is 1. The summed E-state index contributed by atoms with van der Waals surface area (Å²) in [6.45, 7) is 0. The Labute approximate surface area is 105 Å². The van der Waals surface area contributed by atoms with Crippen LogP contribution in [0.4, 0.5) is 5.82 Å². The van der Waals surface area contributed by atoms with Gasteiger partial charge in [-0.05, 0) is 16.3 Å². The van der Waals surface area contributed by atoms with Crippen LogP contribution in [0.5, 0.6) is 0 Å². The molecule has 17 heavy (non-hydrogen) atoms. The van der Waals surface area contributed by atoms with Gasteiger partial charge in [0.2, 0.25) is 0 Å². The van der Waals surface area contributed by atoms with Crippen LogP contribution in [0.15, 0.2) is 48.7 Å². The Morgan fingerprint density at radius 3 is 2.47 bits per heavy atom. The predicted octanol–water partition coefficient (Wildman–Crippen LogP) is 3.23. The molecule has 0 spiro atoms. The Morgan fingerprint density at radius 2 is 1.71 bits per heavy atom. The molecule has 0 aliphatic carbocycles. The first kappa shape index (κ1) is 11.5. The number of hydrogen-bond acceptors (Lipinski definition) is 2. The van der Waals surface area contributed by atoms with Gasteiger partial charge < -0.3 is 5.73 Å². The number of benzene rings is 2. The van der Waals surface area contributed by atoms with E-state index in [-0.39, 0.29) is 12.4 Å². The van der Waals surface area contributed by atoms with Gasteiger partial charge in [0.1, 0.15) is 5.82 Å². The second-order valence-corrected chi connectivity index (χ2v) is 3.72. The molecule has 0 fully saturated rings. The normalized spacial score (nSPS) is 10.1. The number of nitrogens with two attached hydrogens (primary N) is 1. The van der Waals surface area contributed by atoms with Crippen molar-refractivity contribution in [1.29, 1.82) is 0 Å². The topological polar surface area (TPSA) is 54.7 Å². The Hall–Kier alpha value is -2.00.